The summed E-state index contributed by atoms with van der Waals surface area (Å²) in [5, 5.41) is 14.9. The van der Waals surface area contributed by atoms with Crippen LogP contribution in [0.2, 0.25) is 0 Å². The minimum absolute atomic E-state index is 0.0167. The van der Waals surface area contributed by atoms with E-state index in [1.807, 2.05) is 6.07 Å². The van der Waals surface area contributed by atoms with Crippen LogP contribution in [0.25, 0.3) is 0 Å². The average molecular weight is 356 g/mol. The molecule has 0 spiro atoms. The van der Waals surface area contributed by atoms with Gasteiger partial charge in [-0.15, -0.1) is 0 Å². The van der Waals surface area contributed by atoms with Crippen molar-refractivity contribution in [2.75, 3.05) is 10.6 Å². The molecule has 3 aromatic rings. The predicted molar refractivity (Wildman–Crippen MR) is 89.4 cm³/mol. The number of imidazole rings is 1. The van der Waals surface area contributed by atoms with Crippen molar-refractivity contribution in [3.8, 4) is 6.07 Å². The molecule has 1 atom stereocenters. The van der Waals surface area contributed by atoms with Gasteiger partial charge < -0.3 is 15.2 Å². The van der Waals surface area contributed by atoms with Crippen LogP contribution in [-0.2, 0) is 7.05 Å². The Morgan fingerprint density at radius 1 is 1.19 bits per heavy atom. The third kappa shape index (κ3) is 3.72. The zero-order chi connectivity index (χ0) is 18.7. The Morgan fingerprint density at radius 2 is 1.92 bits per heavy atom. The number of pyridine rings is 1. The molecule has 10 heteroatoms. The molecule has 0 saturated carbocycles. The van der Waals surface area contributed by atoms with Crippen LogP contribution in [-0.4, -0.2) is 24.5 Å². The second-order valence-electron chi connectivity index (χ2n) is 5.50. The van der Waals surface area contributed by atoms with Gasteiger partial charge in [0, 0.05) is 13.2 Å². The van der Waals surface area contributed by atoms with E-state index in [0.29, 0.717) is 11.6 Å². The molecule has 3 heterocycles. The monoisotopic (exact) mass is 356 g/mol. The topological polar surface area (TPSA) is 104 Å². The van der Waals surface area contributed by atoms with E-state index in [-0.39, 0.29) is 17.2 Å². The highest BCUT2D eigenvalue weighted by molar-refractivity contribution is 5.61. The molecule has 0 unspecified atom stereocenters. The fraction of sp³-hybridized carbons (Fsp3) is 0.188. The number of rotatable bonds is 5. The lowest BCUT2D eigenvalue weighted by Crippen LogP contribution is -2.14. The maximum Gasteiger partial charge on any atom is 0.170 e. The number of hydrogen-bond acceptors (Lipinski definition) is 7. The van der Waals surface area contributed by atoms with Crippen molar-refractivity contribution < 1.29 is 8.78 Å². The molecule has 0 aliphatic rings. The second-order valence-corrected chi connectivity index (χ2v) is 5.50. The Morgan fingerprint density at radius 3 is 2.54 bits per heavy atom. The second kappa shape index (κ2) is 7.10. The molecule has 0 aliphatic heterocycles. The van der Waals surface area contributed by atoms with Crippen molar-refractivity contribution in [1.29, 1.82) is 5.26 Å². The van der Waals surface area contributed by atoms with E-state index in [0.717, 1.165) is 18.5 Å². The van der Waals surface area contributed by atoms with Gasteiger partial charge in [-0.25, -0.2) is 28.7 Å². The van der Waals surface area contributed by atoms with Crippen molar-refractivity contribution in [1.82, 2.24) is 24.5 Å². The summed E-state index contributed by atoms with van der Waals surface area (Å²) in [5.41, 5.74) is 0.0167. The van der Waals surface area contributed by atoms with Crippen LogP contribution in [0.15, 0.2) is 31.0 Å². The van der Waals surface area contributed by atoms with E-state index in [2.05, 4.69) is 30.6 Å². The molecule has 3 aromatic heterocycles. The molecule has 0 saturated heterocycles. The summed E-state index contributed by atoms with van der Waals surface area (Å²) < 4.78 is 28.8. The molecular weight excluding hydrogens is 342 g/mol. The van der Waals surface area contributed by atoms with Gasteiger partial charge in [-0.1, -0.05) is 0 Å². The fourth-order valence-electron chi connectivity index (χ4n) is 2.19. The lowest BCUT2D eigenvalue weighted by atomic mass is 10.2. The van der Waals surface area contributed by atoms with Crippen LogP contribution < -0.4 is 10.6 Å². The van der Waals surface area contributed by atoms with Gasteiger partial charge in [0.2, 0.25) is 0 Å². The first-order chi connectivity index (χ1) is 12.5. The Bertz CT molecular complexity index is 961. The molecule has 0 fully saturated rings. The van der Waals surface area contributed by atoms with Crippen LogP contribution in [0.4, 0.5) is 26.2 Å². The van der Waals surface area contributed by atoms with E-state index in [4.69, 9.17) is 0 Å². The molecule has 8 nitrogen and oxygen atoms in total. The highest BCUT2D eigenvalue weighted by Crippen LogP contribution is 2.25. The number of nitrogens with one attached hydrogen (secondary N) is 2. The molecular formula is C16H14F2N8. The van der Waals surface area contributed by atoms with Crippen molar-refractivity contribution >= 4 is 17.5 Å². The minimum Gasteiger partial charge on any atom is -0.359 e. The smallest absolute Gasteiger partial charge is 0.170 e. The van der Waals surface area contributed by atoms with Gasteiger partial charge >= 0.3 is 0 Å². The minimum atomic E-state index is -0.691. The molecule has 0 bridgehead atoms. The zero-order valence-corrected chi connectivity index (χ0v) is 13.9. The molecule has 132 valence electrons. The summed E-state index contributed by atoms with van der Waals surface area (Å²) in [4.78, 5) is 15.9. The summed E-state index contributed by atoms with van der Waals surface area (Å²) in [6, 6.07) is 2.47. The summed E-state index contributed by atoms with van der Waals surface area (Å²) in [6.45, 7) is 1.71. The van der Waals surface area contributed by atoms with E-state index in [1.54, 1.807) is 31.1 Å². The Kier molecular flexibility index (Phi) is 4.70. The third-order valence-corrected chi connectivity index (χ3v) is 3.43. The summed E-state index contributed by atoms with van der Waals surface area (Å²) in [7, 11) is 1.78. The van der Waals surface area contributed by atoms with Crippen molar-refractivity contribution in [2.45, 2.75) is 13.0 Å². The van der Waals surface area contributed by atoms with Gasteiger partial charge in [-0.3, -0.25) is 0 Å². The number of nitrogens with zero attached hydrogens (tertiary/aromatic N) is 6. The number of halogens is 2. The van der Waals surface area contributed by atoms with Crippen LogP contribution >= 0.6 is 0 Å². The number of nitriles is 1. The van der Waals surface area contributed by atoms with Crippen molar-refractivity contribution in [2.24, 2.45) is 7.05 Å². The number of hydrogen-bond donors (Lipinski definition) is 2. The molecule has 0 amide bonds. The summed E-state index contributed by atoms with van der Waals surface area (Å²) >= 11 is 0. The van der Waals surface area contributed by atoms with Crippen molar-refractivity contribution in [3.63, 3.8) is 0 Å². The van der Waals surface area contributed by atoms with Crippen molar-refractivity contribution in [3.05, 3.63) is 54.0 Å². The molecule has 0 radical (unpaired) electrons. The maximum atomic E-state index is 14.2. The molecule has 0 aromatic carbocycles. The van der Waals surface area contributed by atoms with Crippen LogP contribution in [0, 0.1) is 23.0 Å². The number of anilines is 3. The maximum absolute atomic E-state index is 14.2. The number of aromatic nitrogens is 5. The lowest BCUT2D eigenvalue weighted by molar-refractivity contribution is 0.604. The van der Waals surface area contributed by atoms with Gasteiger partial charge in [0.05, 0.1) is 30.3 Å². The molecule has 0 aliphatic carbocycles. The van der Waals surface area contributed by atoms with Crippen LogP contribution in [0.1, 0.15) is 24.4 Å². The highest BCUT2D eigenvalue weighted by atomic mass is 19.1. The predicted octanol–water partition coefficient (Wildman–Crippen LogP) is 2.67. The Hall–Kier alpha value is -3.61. The molecule has 26 heavy (non-hydrogen) atoms. The van der Waals surface area contributed by atoms with E-state index >= 15 is 0 Å². The Labute approximate surface area is 147 Å². The van der Waals surface area contributed by atoms with Gasteiger partial charge in [0.15, 0.2) is 17.5 Å². The van der Waals surface area contributed by atoms with Gasteiger partial charge in [-0.05, 0) is 13.0 Å². The van der Waals surface area contributed by atoms with Gasteiger partial charge in [0.25, 0.3) is 0 Å². The van der Waals surface area contributed by atoms with Gasteiger partial charge in [-0.2, -0.15) is 5.26 Å². The first-order valence-corrected chi connectivity index (χ1v) is 7.56. The van der Waals surface area contributed by atoms with E-state index in [9.17, 15) is 14.0 Å². The Balaban J connectivity index is 1.88. The fourth-order valence-corrected chi connectivity index (χ4v) is 2.19. The number of aryl methyl sites for hydroxylation is 1. The normalized spacial score (nSPS) is 11.7. The average Bonchev–Trinajstić information content (AvgIpc) is 3.03. The van der Waals surface area contributed by atoms with Crippen LogP contribution in [0.3, 0.4) is 0 Å². The first kappa shape index (κ1) is 17.2. The van der Waals surface area contributed by atoms with E-state index in [1.165, 1.54) is 0 Å². The molecule has 3 rings (SSSR count). The first-order valence-electron chi connectivity index (χ1n) is 7.56. The summed E-state index contributed by atoms with van der Waals surface area (Å²) in [6.07, 6.45) is 5.29. The van der Waals surface area contributed by atoms with Gasteiger partial charge in [0.1, 0.15) is 23.5 Å². The lowest BCUT2D eigenvalue weighted by Gasteiger charge is -2.15. The standard InChI is InChI=1S/C16H14F2N8/c1-9(14-20-5-11(17)6-21-14)23-15-10(4-19)3-12(18)16(25-15)24-13-7-26(2)8-22-13/h3,5-9H,1-2H3,(H2,23,24,25)/t9-/m0/s1. The quantitative estimate of drug-likeness (QED) is 0.724. The molecule has 2 N–H and O–H groups in total. The van der Waals surface area contributed by atoms with Crippen LogP contribution in [0.5, 0.6) is 0 Å². The third-order valence-electron chi connectivity index (χ3n) is 3.43. The van der Waals surface area contributed by atoms with E-state index < -0.39 is 17.7 Å². The largest absolute Gasteiger partial charge is 0.359 e. The SMILES string of the molecule is C[C@H](Nc1nc(Nc2cn(C)cn2)c(F)cc1C#N)c1ncc(F)cn1. The highest BCUT2D eigenvalue weighted by Gasteiger charge is 2.16. The summed E-state index contributed by atoms with van der Waals surface area (Å²) in [5.74, 6) is -0.473. The zero-order valence-electron chi connectivity index (χ0n) is 13.9.